The minimum atomic E-state index is -1.13. The second kappa shape index (κ2) is 8.80. The predicted octanol–water partition coefficient (Wildman–Crippen LogP) is -2.65. The second-order valence-corrected chi connectivity index (χ2v) is 1.65. The summed E-state index contributed by atoms with van der Waals surface area (Å²) in [6.45, 7) is 0. The van der Waals surface area contributed by atoms with Gasteiger partial charge in [0.2, 0.25) is 0 Å². The number of carboxylic acids is 1. The average Bonchev–Trinajstić information content (AvgIpc) is 2.10. The maximum Gasteiger partial charge on any atom is 1.00 e. The molecule has 0 heterocycles. The summed E-state index contributed by atoms with van der Waals surface area (Å²) in [7, 11) is 0. The van der Waals surface area contributed by atoms with E-state index >= 15 is 0 Å². The Bertz CT molecular complexity index is 230. The van der Waals surface area contributed by atoms with Crippen LogP contribution in [-0.2, 0) is 12.4 Å². The van der Waals surface area contributed by atoms with Crippen molar-refractivity contribution in [2.45, 2.75) is 0 Å². The van der Waals surface area contributed by atoms with Crippen LogP contribution >= 0.6 is 0 Å². The van der Waals surface area contributed by atoms with E-state index in [-0.39, 0.29) is 35.1 Å². The van der Waals surface area contributed by atoms with E-state index in [4.69, 9.17) is 4.78 Å². The van der Waals surface area contributed by atoms with Crippen LogP contribution in [0.25, 0.3) is 0 Å². The van der Waals surface area contributed by atoms with Crippen molar-refractivity contribution in [3.8, 4) is 0 Å². The van der Waals surface area contributed by atoms with E-state index in [1.165, 1.54) is 12.1 Å². The van der Waals surface area contributed by atoms with E-state index in [1.807, 2.05) is 0 Å². The van der Waals surface area contributed by atoms with Gasteiger partial charge in [0.1, 0.15) is 0 Å². The summed E-state index contributed by atoms with van der Waals surface area (Å²) in [6, 6.07) is 8.06. The van der Waals surface area contributed by atoms with Gasteiger partial charge in [-0.25, -0.2) is 4.78 Å². The molecule has 0 saturated heterocycles. The number of benzene rings is 1. The van der Waals surface area contributed by atoms with Crippen molar-refractivity contribution < 1.29 is 39.5 Å². The van der Waals surface area contributed by atoms with Crippen molar-refractivity contribution in [1.29, 1.82) is 4.78 Å². The first kappa shape index (κ1) is 14.2. The molecule has 0 bridgehead atoms. The molecular formula is C7H6NNaO2S. The van der Waals surface area contributed by atoms with Crippen LogP contribution in [0.1, 0.15) is 10.4 Å². The van der Waals surface area contributed by atoms with Gasteiger partial charge in [0.15, 0.2) is 0 Å². The second-order valence-electron chi connectivity index (χ2n) is 1.65. The molecule has 0 aromatic heterocycles. The number of aromatic carboxylic acids is 1. The Morgan fingerprint density at radius 3 is 1.92 bits per heavy atom. The SMILES string of the molecule is N=S.O=C([O-])c1ccccc1.[Na+]. The minimum absolute atomic E-state index is 0. The van der Waals surface area contributed by atoms with E-state index in [2.05, 4.69) is 12.4 Å². The Hall–Kier alpha value is -0.290. The summed E-state index contributed by atoms with van der Waals surface area (Å²) < 4.78 is 5.33. The molecule has 0 amide bonds. The van der Waals surface area contributed by atoms with Crippen molar-refractivity contribution in [2.75, 3.05) is 0 Å². The quantitative estimate of drug-likeness (QED) is 0.493. The Morgan fingerprint density at radius 1 is 1.25 bits per heavy atom. The minimum Gasteiger partial charge on any atom is -0.545 e. The molecule has 0 spiro atoms. The number of carbonyl (C=O) groups is 1. The summed E-state index contributed by atoms with van der Waals surface area (Å²) >= 11 is 3.33. The summed E-state index contributed by atoms with van der Waals surface area (Å²) in [5, 5.41) is 10.1. The van der Waals surface area contributed by atoms with Crippen LogP contribution < -0.4 is 34.7 Å². The summed E-state index contributed by atoms with van der Waals surface area (Å²) in [6.07, 6.45) is 0. The molecule has 1 N–H and O–H groups in total. The Kier molecular flexibility index (Phi) is 10.5. The first-order chi connectivity index (χ1) is 5.30. The molecular weight excluding hydrogens is 185 g/mol. The molecule has 1 aromatic carbocycles. The van der Waals surface area contributed by atoms with E-state index in [0.717, 1.165) is 0 Å². The van der Waals surface area contributed by atoms with Crippen molar-refractivity contribution in [3.63, 3.8) is 0 Å². The molecule has 1 aromatic rings. The third-order valence-electron chi connectivity index (χ3n) is 1.01. The van der Waals surface area contributed by atoms with Crippen LogP contribution in [0.15, 0.2) is 30.3 Å². The van der Waals surface area contributed by atoms with Crippen LogP contribution in [0, 0.1) is 4.78 Å². The molecule has 12 heavy (non-hydrogen) atoms. The van der Waals surface area contributed by atoms with Crippen LogP contribution in [-0.4, -0.2) is 5.97 Å². The maximum absolute atomic E-state index is 10.1. The number of carbonyl (C=O) groups excluding carboxylic acids is 1. The van der Waals surface area contributed by atoms with Gasteiger partial charge in [0.05, 0.1) is 5.97 Å². The van der Waals surface area contributed by atoms with E-state index in [1.54, 1.807) is 18.2 Å². The normalized spacial score (nSPS) is 7.00. The van der Waals surface area contributed by atoms with Crippen molar-refractivity contribution >= 4 is 18.4 Å². The first-order valence-corrected chi connectivity index (χ1v) is 3.18. The predicted molar refractivity (Wildman–Crippen MR) is 40.9 cm³/mol. The standard InChI is InChI=1S/C7H6O2.HNS.Na/c8-7(9)6-4-2-1-3-5-6;1-2;/h1-5H,(H,8,9);1H;/q;;+1/p-1. The third kappa shape index (κ3) is 5.37. The van der Waals surface area contributed by atoms with Gasteiger partial charge in [0, 0.05) is 12.4 Å². The van der Waals surface area contributed by atoms with Crippen molar-refractivity contribution in [2.24, 2.45) is 0 Å². The largest absolute Gasteiger partial charge is 1.00 e. The van der Waals surface area contributed by atoms with E-state index < -0.39 is 5.97 Å². The van der Waals surface area contributed by atoms with Gasteiger partial charge in [-0.05, 0) is 5.56 Å². The summed E-state index contributed by atoms with van der Waals surface area (Å²) in [4.78, 5) is 10.1. The monoisotopic (exact) mass is 191 g/mol. The zero-order chi connectivity index (χ0) is 8.69. The van der Waals surface area contributed by atoms with Gasteiger partial charge in [0.25, 0.3) is 0 Å². The molecule has 0 aliphatic carbocycles. The van der Waals surface area contributed by atoms with Crippen molar-refractivity contribution in [1.82, 2.24) is 0 Å². The molecule has 1 rings (SSSR count). The smallest absolute Gasteiger partial charge is 0.545 e. The van der Waals surface area contributed by atoms with Crippen LogP contribution in [0.3, 0.4) is 0 Å². The summed E-state index contributed by atoms with van der Waals surface area (Å²) in [5.74, 6) is -1.13. The summed E-state index contributed by atoms with van der Waals surface area (Å²) in [5.41, 5.74) is 0.220. The Morgan fingerprint density at radius 2 is 1.67 bits per heavy atom. The number of rotatable bonds is 1. The molecule has 0 saturated carbocycles. The maximum atomic E-state index is 10.1. The Balaban J connectivity index is 0. The van der Waals surface area contributed by atoms with E-state index in [0.29, 0.717) is 0 Å². The molecule has 0 aliphatic rings. The van der Waals surface area contributed by atoms with Gasteiger partial charge in [-0.2, -0.15) is 0 Å². The molecule has 58 valence electrons. The fourth-order valence-electron chi connectivity index (χ4n) is 0.574. The fourth-order valence-corrected chi connectivity index (χ4v) is 0.574. The van der Waals surface area contributed by atoms with Gasteiger partial charge >= 0.3 is 29.6 Å². The van der Waals surface area contributed by atoms with E-state index in [9.17, 15) is 9.90 Å². The molecule has 0 atom stereocenters. The molecule has 0 unspecified atom stereocenters. The third-order valence-corrected chi connectivity index (χ3v) is 1.01. The number of hydrogen-bond donors (Lipinski definition) is 1. The topological polar surface area (TPSA) is 64.0 Å². The zero-order valence-corrected chi connectivity index (χ0v) is 9.43. The zero-order valence-electron chi connectivity index (χ0n) is 6.61. The van der Waals surface area contributed by atoms with Gasteiger partial charge < -0.3 is 9.90 Å². The molecule has 3 nitrogen and oxygen atoms in total. The van der Waals surface area contributed by atoms with Gasteiger partial charge in [-0.15, -0.1) is 0 Å². The van der Waals surface area contributed by atoms with Crippen molar-refractivity contribution in [3.05, 3.63) is 35.9 Å². The van der Waals surface area contributed by atoms with Gasteiger partial charge in [-0.1, -0.05) is 30.3 Å². The van der Waals surface area contributed by atoms with Crippen LogP contribution in [0.2, 0.25) is 0 Å². The Labute approximate surface area is 98.1 Å². The fraction of sp³-hybridized carbons (Fsp3) is 0. The molecule has 0 fully saturated rings. The van der Waals surface area contributed by atoms with Gasteiger partial charge in [-0.3, -0.25) is 0 Å². The van der Waals surface area contributed by atoms with Crippen LogP contribution in [0.5, 0.6) is 0 Å². The number of carboxylic acid groups (broad SMARTS) is 1. The molecule has 0 aliphatic heterocycles. The molecule has 5 heteroatoms. The van der Waals surface area contributed by atoms with Crippen LogP contribution in [0.4, 0.5) is 0 Å². The average molecular weight is 191 g/mol. The first-order valence-electron chi connectivity index (χ1n) is 2.77. The number of nitrogens with one attached hydrogen (secondary N) is 1. The number of hydrogen-bond acceptors (Lipinski definition) is 4. The molecule has 0 radical (unpaired) electrons.